The van der Waals surface area contributed by atoms with E-state index in [1.54, 1.807) is 0 Å². The lowest BCUT2D eigenvalue weighted by Crippen LogP contribution is -2.09. The Balaban J connectivity index is 2.74. The van der Waals surface area contributed by atoms with Gasteiger partial charge in [-0.05, 0) is 37.2 Å². The number of hydrogen-bond acceptors (Lipinski definition) is 6. The highest BCUT2D eigenvalue weighted by atomic mass is 32.2. The molecule has 1 aromatic carbocycles. The Morgan fingerprint density at radius 3 is 2.67 bits per heavy atom. The second-order valence-corrected chi connectivity index (χ2v) is 5.31. The van der Waals surface area contributed by atoms with Gasteiger partial charge in [0, 0.05) is 12.4 Å². The van der Waals surface area contributed by atoms with Gasteiger partial charge in [0.2, 0.25) is 5.12 Å². The topological polar surface area (TPSA) is 45.0 Å². The van der Waals surface area contributed by atoms with Crippen LogP contribution in [0.5, 0.6) is 0 Å². The first-order valence-corrected chi connectivity index (χ1v) is 7.83. The molecule has 0 spiro atoms. The summed E-state index contributed by atoms with van der Waals surface area (Å²) in [7, 11) is 0. The molecule has 0 aliphatic carbocycles. The van der Waals surface area contributed by atoms with Gasteiger partial charge >= 0.3 is 0 Å². The number of benzene rings is 1. The molecule has 4 nitrogen and oxygen atoms in total. The van der Waals surface area contributed by atoms with Crippen LogP contribution in [0.1, 0.15) is 0 Å². The van der Waals surface area contributed by atoms with Crippen LogP contribution in [0.15, 0.2) is 46.0 Å². The Labute approximate surface area is 130 Å². The van der Waals surface area contributed by atoms with Crippen molar-refractivity contribution in [3.05, 3.63) is 41.9 Å². The molecule has 0 saturated carbocycles. The molecule has 0 aromatic heterocycles. The number of carbonyl (C=O) groups excluding carboxylic acids is 1. The summed E-state index contributed by atoms with van der Waals surface area (Å²) in [6.45, 7) is 3.25. The third-order valence-electron chi connectivity index (χ3n) is 2.09. The van der Waals surface area contributed by atoms with E-state index in [0.29, 0.717) is 17.8 Å². The third-order valence-corrected chi connectivity index (χ3v) is 3.27. The summed E-state index contributed by atoms with van der Waals surface area (Å²) in [6.07, 6.45) is 4.39. The van der Waals surface area contributed by atoms with Crippen molar-refractivity contribution in [2.24, 2.45) is 9.98 Å². The molecule has 0 radical (unpaired) electrons. The van der Waals surface area contributed by atoms with E-state index in [4.69, 9.17) is 0 Å². The van der Waals surface area contributed by atoms with Gasteiger partial charge < -0.3 is 0 Å². The van der Waals surface area contributed by atoms with Crippen LogP contribution in [0.3, 0.4) is 0 Å². The Bertz CT molecular complexity index is 547. The highest BCUT2D eigenvalue weighted by molar-refractivity contribution is 8.15. The number of nitrogens with zero attached hydrogens (tertiary/aromatic N) is 3. The van der Waals surface area contributed by atoms with Gasteiger partial charge in [-0.15, -0.1) is 16.3 Å². The largest absolute Gasteiger partial charge is 0.282 e. The second-order valence-electron chi connectivity index (χ2n) is 3.60. The lowest BCUT2D eigenvalue weighted by molar-refractivity contribution is -0.107. The molecule has 0 unspecified atom stereocenters. The number of halogens is 2. The summed E-state index contributed by atoms with van der Waals surface area (Å²) in [5.41, 5.74) is 0.176. The molecule has 112 valence electrons. The number of anilines is 1. The van der Waals surface area contributed by atoms with Crippen LogP contribution in [0.2, 0.25) is 0 Å². The van der Waals surface area contributed by atoms with E-state index in [-0.39, 0.29) is 15.8 Å². The molecule has 1 aromatic rings. The van der Waals surface area contributed by atoms with Gasteiger partial charge in [-0.1, -0.05) is 4.48 Å². The molecule has 21 heavy (non-hydrogen) atoms. The van der Waals surface area contributed by atoms with Crippen LogP contribution in [0, 0.1) is 5.82 Å². The maximum atomic E-state index is 13.8. The maximum Gasteiger partial charge on any atom is 0.245 e. The molecule has 0 heterocycles. The maximum absolute atomic E-state index is 13.8. The zero-order valence-corrected chi connectivity index (χ0v) is 12.8. The minimum absolute atomic E-state index is 0.0571. The van der Waals surface area contributed by atoms with Gasteiger partial charge in [0.05, 0.1) is 29.1 Å². The monoisotopic (exact) mass is 329 g/mol. The van der Waals surface area contributed by atoms with Gasteiger partial charge in [-0.25, -0.2) is 4.39 Å². The smallest absolute Gasteiger partial charge is 0.245 e. The number of rotatable bonds is 7. The quantitative estimate of drug-likeness (QED) is 0.331. The Hall–Kier alpha value is -1.67. The first-order chi connectivity index (χ1) is 10.1. The van der Waals surface area contributed by atoms with E-state index < -0.39 is 10.9 Å². The molecule has 0 aliphatic heterocycles. The summed E-state index contributed by atoms with van der Waals surface area (Å²) < 4.78 is 26.7. The van der Waals surface area contributed by atoms with Crippen molar-refractivity contribution in [2.75, 3.05) is 16.7 Å². The van der Waals surface area contributed by atoms with Crippen molar-refractivity contribution < 1.29 is 13.7 Å². The Kier molecular flexibility index (Phi) is 7.70. The highest BCUT2D eigenvalue weighted by Crippen LogP contribution is 2.25. The van der Waals surface area contributed by atoms with Gasteiger partial charge in [-0.3, -0.25) is 14.8 Å². The first-order valence-electron chi connectivity index (χ1n) is 5.67. The standard InChI is InChI=1S/C13H13F2N3OS2/c1-16-7-10(8-17-9-20-2)13(19)21-18(15)12-5-3-11(14)4-6-12/h3-8H,1,9H2,2H3/b10-7+,17-8-. The fourth-order valence-electron chi connectivity index (χ4n) is 1.18. The number of aliphatic imine (C=N–C) groups is 2. The lowest BCUT2D eigenvalue weighted by Gasteiger charge is -2.11. The minimum Gasteiger partial charge on any atom is -0.282 e. The third kappa shape index (κ3) is 6.09. The molecule has 0 saturated heterocycles. The average molecular weight is 329 g/mol. The van der Waals surface area contributed by atoms with E-state index in [9.17, 15) is 13.7 Å². The lowest BCUT2D eigenvalue weighted by atomic mass is 10.3. The van der Waals surface area contributed by atoms with Crippen molar-refractivity contribution in [1.29, 1.82) is 0 Å². The predicted molar refractivity (Wildman–Crippen MR) is 87.1 cm³/mol. The van der Waals surface area contributed by atoms with E-state index >= 15 is 0 Å². The van der Waals surface area contributed by atoms with Crippen molar-refractivity contribution in [3.8, 4) is 0 Å². The Morgan fingerprint density at radius 2 is 2.10 bits per heavy atom. The highest BCUT2D eigenvalue weighted by Gasteiger charge is 2.16. The van der Waals surface area contributed by atoms with E-state index in [2.05, 4.69) is 16.7 Å². The summed E-state index contributed by atoms with van der Waals surface area (Å²) in [5, 5.41) is -0.584. The molecule has 0 bridgehead atoms. The molecule has 0 aliphatic rings. The Morgan fingerprint density at radius 1 is 1.43 bits per heavy atom. The van der Waals surface area contributed by atoms with Crippen LogP contribution in [-0.2, 0) is 4.79 Å². The summed E-state index contributed by atoms with van der Waals surface area (Å²) in [4.78, 5) is 19.4. The van der Waals surface area contributed by atoms with Crippen LogP contribution < -0.4 is 4.53 Å². The first kappa shape index (κ1) is 17.4. The summed E-state index contributed by atoms with van der Waals surface area (Å²) >= 11 is 1.79. The van der Waals surface area contributed by atoms with Crippen molar-refractivity contribution in [2.45, 2.75) is 0 Å². The van der Waals surface area contributed by atoms with Crippen molar-refractivity contribution in [1.82, 2.24) is 0 Å². The fraction of sp³-hybridized carbons (Fsp3) is 0.154. The van der Waals surface area contributed by atoms with Gasteiger partial charge in [0.15, 0.2) is 0 Å². The second kappa shape index (κ2) is 9.30. The van der Waals surface area contributed by atoms with Crippen molar-refractivity contribution >= 4 is 47.4 Å². The molecule has 0 fully saturated rings. The molecule has 8 heteroatoms. The fourth-order valence-corrected chi connectivity index (χ4v) is 1.99. The van der Waals surface area contributed by atoms with E-state index in [0.717, 1.165) is 12.1 Å². The van der Waals surface area contributed by atoms with Gasteiger partial charge in [0.1, 0.15) is 5.82 Å². The average Bonchev–Trinajstić information content (AvgIpc) is 2.47. The zero-order valence-electron chi connectivity index (χ0n) is 11.2. The molecule has 1 rings (SSSR count). The van der Waals surface area contributed by atoms with Crippen LogP contribution in [0.4, 0.5) is 14.6 Å². The minimum atomic E-state index is -0.584. The van der Waals surface area contributed by atoms with Crippen LogP contribution >= 0.6 is 23.7 Å². The summed E-state index contributed by atoms with van der Waals surface area (Å²) in [6, 6.07) is 4.67. The van der Waals surface area contributed by atoms with Gasteiger partial charge in [0.25, 0.3) is 0 Å². The van der Waals surface area contributed by atoms with Crippen LogP contribution in [-0.4, -0.2) is 30.2 Å². The molecular formula is C13H13F2N3OS2. The van der Waals surface area contributed by atoms with E-state index in [1.165, 1.54) is 36.3 Å². The predicted octanol–water partition coefficient (Wildman–Crippen LogP) is 3.67. The number of carbonyl (C=O) groups is 1. The molecule has 0 amide bonds. The zero-order chi connectivity index (χ0) is 15.7. The number of hydrogen-bond donors (Lipinski definition) is 0. The van der Waals surface area contributed by atoms with Gasteiger partial charge in [-0.2, -0.15) is 0 Å². The summed E-state index contributed by atoms with van der Waals surface area (Å²) in [5.74, 6) is -0.00637. The molecule has 0 N–H and O–H groups in total. The normalized spacial score (nSPS) is 11.7. The SMILES string of the molecule is C=N/C=C(\C=N/CSC)C(=O)SN(F)c1ccc(F)cc1. The molecular weight excluding hydrogens is 316 g/mol. The van der Waals surface area contributed by atoms with Crippen LogP contribution in [0.25, 0.3) is 0 Å². The molecule has 0 atom stereocenters. The van der Waals surface area contributed by atoms with E-state index in [1.807, 2.05) is 6.26 Å². The van der Waals surface area contributed by atoms with Crippen molar-refractivity contribution in [3.63, 3.8) is 0 Å². The number of thioether (sulfide) groups is 1.